The summed E-state index contributed by atoms with van der Waals surface area (Å²) in [5, 5.41) is 5.50. The Balaban J connectivity index is 1.66. The number of aromatic nitrogens is 2. The van der Waals surface area contributed by atoms with E-state index in [0.29, 0.717) is 37.9 Å². The number of carbonyl (C=O) groups is 2. The molecule has 0 spiro atoms. The van der Waals surface area contributed by atoms with Gasteiger partial charge in [-0.3, -0.25) is 19.4 Å². The van der Waals surface area contributed by atoms with Crippen LogP contribution in [0.2, 0.25) is 0 Å². The van der Waals surface area contributed by atoms with Crippen LogP contribution < -0.4 is 21.1 Å². The number of carbonyl (C=O) groups excluding carboxylic acids is 2. The topological polar surface area (TPSA) is 116 Å². The lowest BCUT2D eigenvalue weighted by Gasteiger charge is -2.29. The van der Waals surface area contributed by atoms with Crippen LogP contribution in [-0.4, -0.2) is 48.1 Å². The van der Waals surface area contributed by atoms with Crippen LogP contribution in [0.5, 0.6) is 0 Å². The van der Waals surface area contributed by atoms with Crippen molar-refractivity contribution in [2.45, 2.75) is 26.2 Å². The van der Waals surface area contributed by atoms with Crippen LogP contribution in [0.1, 0.15) is 29.0 Å². The van der Waals surface area contributed by atoms with Crippen molar-refractivity contribution in [3.63, 3.8) is 0 Å². The highest BCUT2D eigenvalue weighted by Gasteiger charge is 2.35. The Labute approximate surface area is 167 Å². The van der Waals surface area contributed by atoms with Gasteiger partial charge in [0.1, 0.15) is 5.82 Å². The average Bonchev–Trinajstić information content (AvgIpc) is 2.70. The number of nitrogens with one attached hydrogen (secondary N) is 3. The summed E-state index contributed by atoms with van der Waals surface area (Å²) in [7, 11) is 0. The molecule has 1 saturated heterocycles. The Kier molecular flexibility index (Phi) is 5.06. The van der Waals surface area contributed by atoms with Crippen LogP contribution in [-0.2, 0) is 14.3 Å². The molecular weight excluding hydrogens is 374 g/mol. The van der Waals surface area contributed by atoms with Crippen LogP contribution in [0.15, 0.2) is 23.0 Å². The molecule has 3 heterocycles. The van der Waals surface area contributed by atoms with E-state index >= 15 is 0 Å². The molecule has 0 radical (unpaired) electrons. The van der Waals surface area contributed by atoms with Gasteiger partial charge >= 0.3 is 0 Å². The number of benzene rings is 1. The summed E-state index contributed by atoms with van der Waals surface area (Å²) < 4.78 is 5.32. The third-order valence-electron chi connectivity index (χ3n) is 5.22. The molecule has 1 fully saturated rings. The Morgan fingerprint density at radius 1 is 1.24 bits per heavy atom. The van der Waals surface area contributed by atoms with E-state index in [4.69, 9.17) is 4.74 Å². The fraction of sp³-hybridized carbons (Fsp3) is 0.400. The SMILES string of the molecule is Cc1ccc(C)c(NC(=O)[C@@H]2CC(=O)Nc3nc(N4CCOCC4)[nH]c(=O)c32)c1. The first-order valence-electron chi connectivity index (χ1n) is 9.57. The number of anilines is 3. The molecule has 1 aromatic heterocycles. The molecule has 0 bridgehead atoms. The highest BCUT2D eigenvalue weighted by atomic mass is 16.5. The largest absolute Gasteiger partial charge is 0.378 e. The zero-order valence-electron chi connectivity index (χ0n) is 16.4. The predicted octanol–water partition coefficient (Wildman–Crippen LogP) is 1.29. The smallest absolute Gasteiger partial charge is 0.258 e. The molecule has 1 aromatic carbocycles. The fourth-order valence-corrected chi connectivity index (χ4v) is 3.60. The van der Waals surface area contributed by atoms with Gasteiger partial charge in [0.05, 0.1) is 24.7 Å². The number of morpholine rings is 1. The van der Waals surface area contributed by atoms with Crippen LogP contribution in [0.4, 0.5) is 17.5 Å². The normalized spacial score (nSPS) is 18.8. The summed E-state index contributed by atoms with van der Waals surface area (Å²) in [6.45, 7) is 6.07. The van der Waals surface area contributed by atoms with Crippen molar-refractivity contribution in [1.29, 1.82) is 0 Å². The molecule has 4 rings (SSSR count). The summed E-state index contributed by atoms with van der Waals surface area (Å²) >= 11 is 0. The fourth-order valence-electron chi connectivity index (χ4n) is 3.60. The molecule has 2 aliphatic heterocycles. The summed E-state index contributed by atoms with van der Waals surface area (Å²) in [5.74, 6) is -1.14. The van der Waals surface area contributed by atoms with Crippen molar-refractivity contribution in [3.05, 3.63) is 45.2 Å². The lowest BCUT2D eigenvalue weighted by Crippen LogP contribution is -2.41. The molecule has 29 heavy (non-hydrogen) atoms. The number of aryl methyl sites for hydroxylation is 2. The zero-order valence-corrected chi connectivity index (χ0v) is 16.4. The molecular formula is C20H23N5O4. The second-order valence-corrected chi connectivity index (χ2v) is 7.36. The monoisotopic (exact) mass is 397 g/mol. The van der Waals surface area contributed by atoms with Gasteiger partial charge in [-0.1, -0.05) is 12.1 Å². The molecule has 9 heteroatoms. The second-order valence-electron chi connectivity index (χ2n) is 7.36. The van der Waals surface area contributed by atoms with Crippen molar-refractivity contribution in [3.8, 4) is 0 Å². The quantitative estimate of drug-likeness (QED) is 0.719. The molecule has 2 amide bonds. The number of hydrogen-bond acceptors (Lipinski definition) is 6. The lowest BCUT2D eigenvalue weighted by atomic mass is 9.92. The first kappa shape index (κ1) is 19.1. The number of amides is 2. The van der Waals surface area contributed by atoms with E-state index in [-0.39, 0.29) is 23.7 Å². The maximum atomic E-state index is 13.0. The number of aromatic amines is 1. The summed E-state index contributed by atoms with van der Waals surface area (Å²) in [5.41, 5.74) is 2.33. The van der Waals surface area contributed by atoms with Gasteiger partial charge in [-0.05, 0) is 31.0 Å². The maximum absolute atomic E-state index is 13.0. The number of hydrogen-bond donors (Lipinski definition) is 3. The van der Waals surface area contributed by atoms with Gasteiger partial charge in [-0.15, -0.1) is 0 Å². The van der Waals surface area contributed by atoms with Crippen LogP contribution in [0, 0.1) is 13.8 Å². The van der Waals surface area contributed by atoms with Crippen molar-refractivity contribution in [2.75, 3.05) is 41.8 Å². The van der Waals surface area contributed by atoms with E-state index < -0.39 is 17.4 Å². The number of ether oxygens (including phenoxy) is 1. The number of rotatable bonds is 3. The van der Waals surface area contributed by atoms with Crippen molar-refractivity contribution in [1.82, 2.24) is 9.97 Å². The Hall–Kier alpha value is -3.20. The molecule has 3 N–H and O–H groups in total. The minimum absolute atomic E-state index is 0.106. The highest BCUT2D eigenvalue weighted by Crippen LogP contribution is 2.30. The number of H-pyrrole nitrogens is 1. The van der Waals surface area contributed by atoms with Crippen molar-refractivity contribution in [2.24, 2.45) is 0 Å². The zero-order chi connectivity index (χ0) is 20.5. The van der Waals surface area contributed by atoms with E-state index in [1.807, 2.05) is 36.9 Å². The molecule has 1 atom stereocenters. The van der Waals surface area contributed by atoms with E-state index in [1.54, 1.807) is 0 Å². The lowest BCUT2D eigenvalue weighted by molar-refractivity contribution is -0.123. The van der Waals surface area contributed by atoms with Gasteiger partial charge in [0, 0.05) is 25.2 Å². The van der Waals surface area contributed by atoms with Crippen LogP contribution >= 0.6 is 0 Å². The van der Waals surface area contributed by atoms with Gasteiger partial charge in [0.25, 0.3) is 5.56 Å². The third-order valence-corrected chi connectivity index (χ3v) is 5.22. The van der Waals surface area contributed by atoms with Crippen molar-refractivity contribution < 1.29 is 14.3 Å². The van der Waals surface area contributed by atoms with Crippen LogP contribution in [0.3, 0.4) is 0 Å². The first-order chi connectivity index (χ1) is 13.9. The van der Waals surface area contributed by atoms with Crippen molar-refractivity contribution >= 4 is 29.3 Å². The van der Waals surface area contributed by atoms with E-state index in [1.165, 1.54) is 0 Å². The minimum atomic E-state index is -0.909. The van der Waals surface area contributed by atoms with Gasteiger partial charge in [0.15, 0.2) is 0 Å². The van der Waals surface area contributed by atoms with Gasteiger partial charge in [-0.25, -0.2) is 0 Å². The predicted molar refractivity (Wildman–Crippen MR) is 108 cm³/mol. The summed E-state index contributed by atoms with van der Waals surface area (Å²) in [6, 6.07) is 5.73. The Morgan fingerprint density at radius 2 is 2.00 bits per heavy atom. The second kappa shape index (κ2) is 7.67. The standard InChI is InChI=1S/C20H23N5O4/c1-11-3-4-12(2)14(9-11)21-18(27)13-10-15(26)22-17-16(13)19(28)24-20(23-17)25-5-7-29-8-6-25/h3-4,9,13H,5-8,10H2,1-2H3,(H,21,27)(H2,22,23,24,26,28)/t13-/m1/s1. The first-order valence-corrected chi connectivity index (χ1v) is 9.57. The Bertz CT molecular complexity index is 1030. The number of fused-ring (bicyclic) bond motifs is 1. The molecule has 9 nitrogen and oxygen atoms in total. The van der Waals surface area contributed by atoms with E-state index in [2.05, 4.69) is 20.6 Å². The maximum Gasteiger partial charge on any atom is 0.258 e. The van der Waals surface area contributed by atoms with E-state index in [9.17, 15) is 14.4 Å². The van der Waals surface area contributed by atoms with Gasteiger partial charge in [-0.2, -0.15) is 4.98 Å². The third kappa shape index (κ3) is 3.86. The molecule has 0 unspecified atom stereocenters. The molecule has 0 aliphatic carbocycles. The Morgan fingerprint density at radius 3 is 2.76 bits per heavy atom. The minimum Gasteiger partial charge on any atom is -0.378 e. The van der Waals surface area contributed by atoms with Gasteiger partial charge in [0.2, 0.25) is 17.8 Å². The molecule has 2 aromatic rings. The molecule has 0 saturated carbocycles. The summed E-state index contributed by atoms with van der Waals surface area (Å²) in [6.07, 6.45) is -0.106. The number of nitrogens with zero attached hydrogens (tertiary/aromatic N) is 2. The molecule has 152 valence electrons. The van der Waals surface area contributed by atoms with Gasteiger partial charge < -0.3 is 20.3 Å². The average molecular weight is 397 g/mol. The highest BCUT2D eigenvalue weighted by molar-refractivity contribution is 6.04. The van der Waals surface area contributed by atoms with Crippen LogP contribution in [0.25, 0.3) is 0 Å². The summed E-state index contributed by atoms with van der Waals surface area (Å²) in [4.78, 5) is 47.1. The van der Waals surface area contributed by atoms with E-state index in [0.717, 1.165) is 11.1 Å². The molecule has 2 aliphatic rings.